The molecule has 0 bridgehead atoms. The first-order valence-corrected chi connectivity index (χ1v) is 7.68. The second kappa shape index (κ2) is 7.02. The number of halogens is 4. The van der Waals surface area contributed by atoms with Crippen LogP contribution in [0.25, 0.3) is 11.1 Å². The van der Waals surface area contributed by atoms with Crippen molar-refractivity contribution in [3.05, 3.63) is 56.0 Å². The molecule has 2 aromatic rings. The normalized spacial score (nSPS) is 10.8. The van der Waals surface area contributed by atoms with Crippen molar-refractivity contribution in [2.75, 3.05) is 6.54 Å². The molecule has 0 atom stereocenters. The highest BCUT2D eigenvalue weighted by molar-refractivity contribution is 6.42. The highest BCUT2D eigenvalue weighted by Gasteiger charge is 2.14. The maximum absolute atomic E-state index is 6.30. The Hall–Kier alpha value is -0.440. The average molecular weight is 349 g/mol. The highest BCUT2D eigenvalue weighted by atomic mass is 35.5. The SMILES string of the molecule is CCNCc1ccc(Cl)cc1-c1c(Cl)cc(Cl)cc1Cl. The molecule has 2 aromatic carbocycles. The van der Waals surface area contributed by atoms with Crippen LogP contribution < -0.4 is 5.32 Å². The van der Waals surface area contributed by atoms with E-state index in [1.54, 1.807) is 12.1 Å². The quantitative estimate of drug-likeness (QED) is 0.706. The lowest BCUT2D eigenvalue weighted by atomic mass is 9.99. The molecule has 5 heteroatoms. The summed E-state index contributed by atoms with van der Waals surface area (Å²) < 4.78 is 0. The van der Waals surface area contributed by atoms with Crippen LogP contribution in [0, 0.1) is 0 Å². The van der Waals surface area contributed by atoms with Gasteiger partial charge in [-0.3, -0.25) is 0 Å². The zero-order valence-corrected chi connectivity index (χ0v) is 13.8. The summed E-state index contributed by atoms with van der Waals surface area (Å²) in [7, 11) is 0. The predicted octanol–water partition coefficient (Wildman–Crippen LogP) is 6.08. The van der Waals surface area contributed by atoms with Crippen LogP contribution >= 0.6 is 46.4 Å². The summed E-state index contributed by atoms with van der Waals surface area (Å²) in [5.41, 5.74) is 2.76. The standard InChI is InChI=1S/C15H13Cl4N/c1-2-20-8-9-3-4-10(16)5-12(9)15-13(18)6-11(17)7-14(15)19/h3-7,20H,2,8H2,1H3. The fourth-order valence-corrected chi connectivity index (χ4v) is 3.19. The Labute approximate surface area is 138 Å². The fraction of sp³-hybridized carbons (Fsp3) is 0.200. The van der Waals surface area contributed by atoms with Crippen LogP contribution in [0.1, 0.15) is 12.5 Å². The smallest absolute Gasteiger partial charge is 0.0514 e. The van der Waals surface area contributed by atoms with Crippen molar-refractivity contribution in [1.29, 1.82) is 0 Å². The fourth-order valence-electron chi connectivity index (χ4n) is 1.99. The van der Waals surface area contributed by atoms with Crippen molar-refractivity contribution in [3.63, 3.8) is 0 Å². The zero-order valence-electron chi connectivity index (χ0n) is 10.8. The Morgan fingerprint density at radius 1 is 0.900 bits per heavy atom. The van der Waals surface area contributed by atoms with Gasteiger partial charge in [-0.25, -0.2) is 0 Å². The minimum Gasteiger partial charge on any atom is -0.313 e. The lowest BCUT2D eigenvalue weighted by Crippen LogP contribution is -2.12. The third-order valence-electron chi connectivity index (χ3n) is 2.91. The molecule has 1 nitrogen and oxygen atoms in total. The molecule has 0 amide bonds. The van der Waals surface area contributed by atoms with E-state index in [2.05, 4.69) is 12.2 Å². The molecule has 0 unspecified atom stereocenters. The van der Waals surface area contributed by atoms with E-state index in [1.807, 2.05) is 18.2 Å². The lowest BCUT2D eigenvalue weighted by Gasteiger charge is -2.14. The molecule has 1 N–H and O–H groups in total. The van der Waals surface area contributed by atoms with Gasteiger partial charge in [0.05, 0.1) is 10.0 Å². The van der Waals surface area contributed by atoms with E-state index in [1.165, 1.54) is 0 Å². The Morgan fingerprint density at radius 3 is 2.15 bits per heavy atom. The minimum absolute atomic E-state index is 0.513. The monoisotopic (exact) mass is 347 g/mol. The van der Waals surface area contributed by atoms with Gasteiger partial charge in [0.15, 0.2) is 0 Å². The van der Waals surface area contributed by atoms with E-state index in [4.69, 9.17) is 46.4 Å². The molecular formula is C15H13Cl4N. The number of rotatable bonds is 4. The first-order valence-electron chi connectivity index (χ1n) is 6.17. The Bertz CT molecular complexity index is 602. The molecule has 0 saturated carbocycles. The third kappa shape index (κ3) is 3.60. The lowest BCUT2D eigenvalue weighted by molar-refractivity contribution is 0.728. The van der Waals surface area contributed by atoms with E-state index in [-0.39, 0.29) is 0 Å². The van der Waals surface area contributed by atoms with Crippen LogP contribution in [0.5, 0.6) is 0 Å². The van der Waals surface area contributed by atoms with Crippen LogP contribution in [0.15, 0.2) is 30.3 Å². The number of hydrogen-bond acceptors (Lipinski definition) is 1. The maximum Gasteiger partial charge on any atom is 0.0514 e. The number of benzene rings is 2. The summed E-state index contributed by atoms with van der Waals surface area (Å²) in [5.74, 6) is 0. The number of hydrogen-bond donors (Lipinski definition) is 1. The molecule has 0 aromatic heterocycles. The van der Waals surface area contributed by atoms with Gasteiger partial charge in [-0.05, 0) is 41.9 Å². The van der Waals surface area contributed by atoms with Gasteiger partial charge in [0.2, 0.25) is 0 Å². The summed E-state index contributed by atoms with van der Waals surface area (Å²) in [5, 5.41) is 5.48. The molecule has 0 fully saturated rings. The molecule has 106 valence electrons. The van der Waals surface area contributed by atoms with Crippen molar-refractivity contribution in [2.45, 2.75) is 13.5 Å². The van der Waals surface area contributed by atoms with Crippen LogP contribution in [0.2, 0.25) is 20.1 Å². The third-order valence-corrected chi connectivity index (χ3v) is 3.96. The molecule has 0 saturated heterocycles. The second-order valence-electron chi connectivity index (χ2n) is 4.33. The first-order chi connectivity index (χ1) is 9.52. The molecule has 0 spiro atoms. The second-order valence-corrected chi connectivity index (χ2v) is 6.01. The van der Waals surface area contributed by atoms with E-state index in [0.29, 0.717) is 20.1 Å². The topological polar surface area (TPSA) is 12.0 Å². The molecule has 2 rings (SSSR count). The molecule has 20 heavy (non-hydrogen) atoms. The average Bonchev–Trinajstić information content (AvgIpc) is 2.36. The van der Waals surface area contributed by atoms with Crippen molar-refractivity contribution >= 4 is 46.4 Å². The van der Waals surface area contributed by atoms with Gasteiger partial charge in [-0.1, -0.05) is 59.4 Å². The zero-order chi connectivity index (χ0) is 14.7. The van der Waals surface area contributed by atoms with Gasteiger partial charge in [0.25, 0.3) is 0 Å². The van der Waals surface area contributed by atoms with E-state index >= 15 is 0 Å². The van der Waals surface area contributed by atoms with E-state index < -0.39 is 0 Å². The maximum atomic E-state index is 6.30. The van der Waals surface area contributed by atoms with Crippen LogP contribution in [0.4, 0.5) is 0 Å². The molecule has 0 aliphatic heterocycles. The summed E-state index contributed by atoms with van der Waals surface area (Å²) in [4.78, 5) is 0. The summed E-state index contributed by atoms with van der Waals surface area (Å²) in [6, 6.07) is 9.07. The predicted molar refractivity (Wildman–Crippen MR) is 89.3 cm³/mol. The van der Waals surface area contributed by atoms with Gasteiger partial charge < -0.3 is 5.32 Å². The molecule has 0 radical (unpaired) electrons. The van der Waals surface area contributed by atoms with Gasteiger partial charge >= 0.3 is 0 Å². The van der Waals surface area contributed by atoms with Gasteiger partial charge in [0, 0.05) is 22.2 Å². The molecule has 0 heterocycles. The van der Waals surface area contributed by atoms with E-state index in [0.717, 1.165) is 29.8 Å². The Kier molecular flexibility index (Phi) is 5.59. The highest BCUT2D eigenvalue weighted by Crippen LogP contribution is 2.39. The van der Waals surface area contributed by atoms with Crippen molar-refractivity contribution in [1.82, 2.24) is 5.32 Å². The summed E-state index contributed by atoms with van der Waals surface area (Å²) >= 11 is 24.7. The molecular weight excluding hydrogens is 336 g/mol. The van der Waals surface area contributed by atoms with Gasteiger partial charge in [-0.15, -0.1) is 0 Å². The molecule has 0 aliphatic rings. The number of nitrogens with one attached hydrogen (secondary N) is 1. The van der Waals surface area contributed by atoms with Crippen molar-refractivity contribution < 1.29 is 0 Å². The van der Waals surface area contributed by atoms with Crippen LogP contribution in [-0.2, 0) is 6.54 Å². The van der Waals surface area contributed by atoms with Crippen molar-refractivity contribution in [3.8, 4) is 11.1 Å². The minimum atomic E-state index is 0.513. The van der Waals surface area contributed by atoms with Crippen LogP contribution in [0.3, 0.4) is 0 Å². The Morgan fingerprint density at radius 2 is 1.55 bits per heavy atom. The largest absolute Gasteiger partial charge is 0.313 e. The van der Waals surface area contributed by atoms with Crippen molar-refractivity contribution in [2.24, 2.45) is 0 Å². The molecule has 0 aliphatic carbocycles. The van der Waals surface area contributed by atoms with Gasteiger partial charge in [0.1, 0.15) is 0 Å². The van der Waals surface area contributed by atoms with Crippen LogP contribution in [-0.4, -0.2) is 6.54 Å². The van der Waals surface area contributed by atoms with E-state index in [9.17, 15) is 0 Å². The summed E-state index contributed by atoms with van der Waals surface area (Å²) in [6.07, 6.45) is 0. The Balaban J connectivity index is 2.59. The summed E-state index contributed by atoms with van der Waals surface area (Å²) in [6.45, 7) is 3.65. The first kappa shape index (κ1) is 15.9. The van der Waals surface area contributed by atoms with Gasteiger partial charge in [-0.2, -0.15) is 0 Å².